The van der Waals surface area contributed by atoms with Crippen LogP contribution in [0.1, 0.15) is 20.3 Å². The average molecular weight is 157 g/mol. The molecule has 1 rings (SSSR count). The highest BCUT2D eigenvalue weighted by Gasteiger charge is 2.18. The van der Waals surface area contributed by atoms with Crippen LogP contribution in [0, 0.1) is 0 Å². The van der Waals surface area contributed by atoms with Crippen LogP contribution in [-0.4, -0.2) is 36.6 Å². The molecule has 1 heterocycles. The molecule has 0 spiro atoms. The van der Waals surface area contributed by atoms with Crippen LogP contribution in [0.4, 0.5) is 0 Å². The molecule has 0 saturated carbocycles. The number of hydrogen-bond donors (Lipinski definition) is 0. The van der Waals surface area contributed by atoms with Gasteiger partial charge in [-0.1, -0.05) is 0 Å². The number of carbonyl (C=O) groups is 1. The molecule has 1 aliphatic rings. The van der Waals surface area contributed by atoms with Crippen LogP contribution in [0.25, 0.3) is 0 Å². The molecule has 3 nitrogen and oxygen atoms in total. The summed E-state index contributed by atoms with van der Waals surface area (Å²) >= 11 is 0. The first-order valence-corrected chi connectivity index (χ1v) is 4.09. The van der Waals surface area contributed by atoms with Crippen LogP contribution in [0.2, 0.25) is 0 Å². The van der Waals surface area contributed by atoms with E-state index in [0.29, 0.717) is 6.04 Å². The summed E-state index contributed by atoms with van der Waals surface area (Å²) in [6, 6.07) is 0.309. The van der Waals surface area contributed by atoms with Gasteiger partial charge in [0.1, 0.15) is 6.61 Å². The standard InChI is InChI=1S/C8H15NO2/c1-7(2)9-4-3-5-11-6-8(9)10/h7H,3-6H2,1-2H3. The summed E-state index contributed by atoms with van der Waals surface area (Å²) in [5.74, 6) is 0.123. The Morgan fingerprint density at radius 2 is 2.27 bits per heavy atom. The molecule has 0 N–H and O–H groups in total. The minimum Gasteiger partial charge on any atom is -0.372 e. The van der Waals surface area contributed by atoms with E-state index in [4.69, 9.17) is 4.74 Å². The lowest BCUT2D eigenvalue weighted by Crippen LogP contribution is -2.38. The van der Waals surface area contributed by atoms with Crippen molar-refractivity contribution in [1.82, 2.24) is 4.90 Å². The highest BCUT2D eigenvalue weighted by atomic mass is 16.5. The number of carbonyl (C=O) groups excluding carboxylic acids is 1. The van der Waals surface area contributed by atoms with Crippen LogP contribution in [0.15, 0.2) is 0 Å². The van der Waals surface area contributed by atoms with Crippen LogP contribution < -0.4 is 0 Å². The summed E-state index contributed by atoms with van der Waals surface area (Å²) < 4.78 is 5.10. The van der Waals surface area contributed by atoms with Gasteiger partial charge >= 0.3 is 0 Å². The molecule has 1 fully saturated rings. The van der Waals surface area contributed by atoms with Crippen molar-refractivity contribution < 1.29 is 9.53 Å². The summed E-state index contributed by atoms with van der Waals surface area (Å²) in [7, 11) is 0. The van der Waals surface area contributed by atoms with Gasteiger partial charge in [-0.2, -0.15) is 0 Å². The Hall–Kier alpha value is -0.570. The van der Waals surface area contributed by atoms with Gasteiger partial charge in [-0.3, -0.25) is 4.79 Å². The fourth-order valence-electron chi connectivity index (χ4n) is 1.25. The Bertz CT molecular complexity index is 145. The van der Waals surface area contributed by atoms with Gasteiger partial charge in [-0.05, 0) is 20.3 Å². The molecular formula is C8H15NO2. The zero-order valence-corrected chi connectivity index (χ0v) is 7.17. The second-order valence-electron chi connectivity index (χ2n) is 3.09. The van der Waals surface area contributed by atoms with E-state index < -0.39 is 0 Å². The van der Waals surface area contributed by atoms with E-state index >= 15 is 0 Å². The van der Waals surface area contributed by atoms with Crippen molar-refractivity contribution in [2.45, 2.75) is 26.3 Å². The van der Waals surface area contributed by atoms with Gasteiger partial charge < -0.3 is 9.64 Å². The third-order valence-electron chi connectivity index (χ3n) is 1.86. The monoisotopic (exact) mass is 157 g/mol. The predicted molar refractivity (Wildman–Crippen MR) is 42.3 cm³/mol. The Labute approximate surface area is 67.3 Å². The van der Waals surface area contributed by atoms with Crippen molar-refractivity contribution >= 4 is 5.91 Å². The zero-order valence-electron chi connectivity index (χ0n) is 7.17. The maximum Gasteiger partial charge on any atom is 0.248 e. The molecule has 11 heavy (non-hydrogen) atoms. The fraction of sp³-hybridized carbons (Fsp3) is 0.875. The topological polar surface area (TPSA) is 29.5 Å². The van der Waals surface area contributed by atoms with E-state index in [1.54, 1.807) is 0 Å². The van der Waals surface area contributed by atoms with Gasteiger partial charge in [0.25, 0.3) is 0 Å². The molecule has 64 valence electrons. The van der Waals surface area contributed by atoms with Crippen LogP contribution in [0.3, 0.4) is 0 Å². The Morgan fingerprint density at radius 3 is 2.91 bits per heavy atom. The molecule has 0 aromatic heterocycles. The normalized spacial score (nSPS) is 20.6. The molecule has 0 aromatic rings. The van der Waals surface area contributed by atoms with Gasteiger partial charge in [0.15, 0.2) is 0 Å². The Balaban J connectivity index is 2.52. The average Bonchev–Trinajstić information content (AvgIpc) is 2.13. The van der Waals surface area contributed by atoms with Gasteiger partial charge in [0, 0.05) is 19.2 Å². The molecule has 1 amide bonds. The molecular weight excluding hydrogens is 142 g/mol. The van der Waals surface area contributed by atoms with Gasteiger partial charge in [0.2, 0.25) is 5.91 Å². The van der Waals surface area contributed by atoms with Crippen molar-refractivity contribution in [3.63, 3.8) is 0 Å². The quantitative estimate of drug-likeness (QED) is 0.559. The largest absolute Gasteiger partial charge is 0.372 e. The number of rotatable bonds is 1. The van der Waals surface area contributed by atoms with Crippen molar-refractivity contribution in [1.29, 1.82) is 0 Å². The Morgan fingerprint density at radius 1 is 1.55 bits per heavy atom. The molecule has 0 unspecified atom stereocenters. The van der Waals surface area contributed by atoms with E-state index in [0.717, 1.165) is 19.6 Å². The first-order chi connectivity index (χ1) is 5.22. The molecule has 3 heteroatoms. The van der Waals surface area contributed by atoms with E-state index in [2.05, 4.69) is 0 Å². The van der Waals surface area contributed by atoms with Crippen LogP contribution in [-0.2, 0) is 9.53 Å². The minimum absolute atomic E-state index is 0.123. The van der Waals surface area contributed by atoms with E-state index in [-0.39, 0.29) is 12.5 Å². The zero-order chi connectivity index (χ0) is 8.27. The molecule has 0 radical (unpaired) electrons. The van der Waals surface area contributed by atoms with Crippen molar-refractivity contribution in [2.24, 2.45) is 0 Å². The highest BCUT2D eigenvalue weighted by molar-refractivity contribution is 5.77. The third-order valence-corrected chi connectivity index (χ3v) is 1.86. The molecule has 0 bridgehead atoms. The number of nitrogens with zero attached hydrogens (tertiary/aromatic N) is 1. The second-order valence-corrected chi connectivity index (χ2v) is 3.09. The van der Waals surface area contributed by atoms with E-state index in [1.165, 1.54) is 0 Å². The number of amides is 1. The molecule has 1 aliphatic heterocycles. The minimum atomic E-state index is 0.123. The second kappa shape index (κ2) is 3.72. The summed E-state index contributed by atoms with van der Waals surface area (Å²) in [5.41, 5.74) is 0. The van der Waals surface area contributed by atoms with Crippen LogP contribution in [0.5, 0.6) is 0 Å². The third kappa shape index (κ3) is 2.19. The van der Waals surface area contributed by atoms with E-state index in [1.807, 2.05) is 18.7 Å². The molecule has 0 aliphatic carbocycles. The number of ether oxygens (including phenoxy) is 1. The lowest BCUT2D eigenvalue weighted by molar-refractivity contribution is -0.135. The fourth-order valence-corrected chi connectivity index (χ4v) is 1.25. The van der Waals surface area contributed by atoms with Crippen molar-refractivity contribution in [3.8, 4) is 0 Å². The lowest BCUT2D eigenvalue weighted by atomic mass is 10.3. The van der Waals surface area contributed by atoms with Crippen molar-refractivity contribution in [3.05, 3.63) is 0 Å². The lowest BCUT2D eigenvalue weighted by Gasteiger charge is -2.23. The molecule has 1 saturated heterocycles. The SMILES string of the molecule is CC(C)N1CCCOCC1=O. The summed E-state index contributed by atoms with van der Waals surface area (Å²) in [6.45, 7) is 5.88. The van der Waals surface area contributed by atoms with Gasteiger partial charge in [-0.25, -0.2) is 0 Å². The highest BCUT2D eigenvalue weighted by Crippen LogP contribution is 2.04. The molecule has 0 aromatic carbocycles. The smallest absolute Gasteiger partial charge is 0.248 e. The van der Waals surface area contributed by atoms with Gasteiger partial charge in [-0.15, -0.1) is 0 Å². The van der Waals surface area contributed by atoms with Crippen molar-refractivity contribution in [2.75, 3.05) is 19.8 Å². The van der Waals surface area contributed by atoms with Gasteiger partial charge in [0.05, 0.1) is 0 Å². The maximum absolute atomic E-state index is 11.3. The first kappa shape index (κ1) is 8.53. The maximum atomic E-state index is 11.3. The van der Waals surface area contributed by atoms with E-state index in [9.17, 15) is 4.79 Å². The predicted octanol–water partition coefficient (Wildman–Crippen LogP) is 0.644. The summed E-state index contributed by atoms with van der Waals surface area (Å²) in [4.78, 5) is 13.1. The first-order valence-electron chi connectivity index (χ1n) is 4.09. The summed E-state index contributed by atoms with van der Waals surface area (Å²) in [5, 5.41) is 0. The van der Waals surface area contributed by atoms with Crippen LogP contribution >= 0.6 is 0 Å². The summed E-state index contributed by atoms with van der Waals surface area (Å²) in [6.07, 6.45) is 0.962. The number of hydrogen-bond acceptors (Lipinski definition) is 2. The molecule has 0 atom stereocenters. The Kier molecular flexibility index (Phi) is 2.88.